The van der Waals surface area contributed by atoms with Gasteiger partial charge in [0, 0.05) is 5.69 Å². The number of hydrogen-bond donors (Lipinski definition) is 2. The van der Waals surface area contributed by atoms with Gasteiger partial charge >= 0.3 is 0 Å². The van der Waals surface area contributed by atoms with Gasteiger partial charge in [-0.05, 0) is 23.3 Å². The van der Waals surface area contributed by atoms with Crippen molar-refractivity contribution in [2.24, 2.45) is 0 Å². The molecule has 0 saturated heterocycles. The second kappa shape index (κ2) is 6.05. The highest BCUT2D eigenvalue weighted by atomic mass is 16.1. The number of amides is 1. The molecule has 0 fully saturated rings. The Morgan fingerprint density at radius 3 is 2.48 bits per heavy atom. The van der Waals surface area contributed by atoms with Crippen molar-refractivity contribution in [3.63, 3.8) is 0 Å². The molecule has 3 aromatic rings. The largest absolute Gasteiger partial charge is 0.345 e. The maximum Gasteiger partial charge on any atom is 0.228 e. The molecule has 0 aliphatic rings. The van der Waals surface area contributed by atoms with E-state index in [0.29, 0.717) is 6.42 Å². The Labute approximate surface area is 122 Å². The first-order valence-corrected chi connectivity index (χ1v) is 6.74. The van der Waals surface area contributed by atoms with Gasteiger partial charge in [-0.2, -0.15) is 0 Å². The lowest BCUT2D eigenvalue weighted by atomic mass is 10.1. The lowest BCUT2D eigenvalue weighted by molar-refractivity contribution is -0.115. The average molecular weight is 277 g/mol. The van der Waals surface area contributed by atoms with Gasteiger partial charge in [0.05, 0.1) is 24.6 Å². The fourth-order valence-corrected chi connectivity index (χ4v) is 2.13. The van der Waals surface area contributed by atoms with Crippen LogP contribution in [0.5, 0.6) is 0 Å². The highest BCUT2D eigenvalue weighted by molar-refractivity contribution is 5.92. The average Bonchev–Trinajstić information content (AvgIpc) is 3.03. The first-order valence-electron chi connectivity index (χ1n) is 6.74. The van der Waals surface area contributed by atoms with Crippen LogP contribution in [0.15, 0.2) is 67.1 Å². The summed E-state index contributed by atoms with van der Waals surface area (Å²) in [5.74, 6) is -0.0181. The Morgan fingerprint density at radius 2 is 1.81 bits per heavy atom. The Kier molecular flexibility index (Phi) is 3.78. The molecule has 0 radical (unpaired) electrons. The summed E-state index contributed by atoms with van der Waals surface area (Å²) in [6.07, 6.45) is 3.79. The summed E-state index contributed by atoms with van der Waals surface area (Å²) in [5, 5.41) is 2.90. The summed E-state index contributed by atoms with van der Waals surface area (Å²) in [6, 6.07) is 17.4. The van der Waals surface area contributed by atoms with E-state index in [1.54, 1.807) is 12.5 Å². The number of aromatic nitrogens is 2. The number of H-pyrrole nitrogens is 1. The number of rotatable bonds is 4. The van der Waals surface area contributed by atoms with Gasteiger partial charge in [-0.15, -0.1) is 0 Å². The summed E-state index contributed by atoms with van der Waals surface area (Å²) >= 11 is 0. The number of nitrogens with zero attached hydrogens (tertiary/aromatic N) is 1. The Hall–Kier alpha value is -2.88. The lowest BCUT2D eigenvalue weighted by Crippen LogP contribution is -2.14. The molecule has 3 rings (SSSR count). The molecule has 0 aliphatic heterocycles. The molecule has 1 aromatic heterocycles. The first kappa shape index (κ1) is 13.1. The predicted octanol–water partition coefficient (Wildman–Crippen LogP) is 3.26. The standard InChI is InChI=1S/C17H15N3O/c21-17(10-13-4-2-1-3-5-13)20-15-8-6-14(7-9-15)16-11-18-12-19-16/h1-9,11-12H,10H2,(H,18,19)(H,20,21). The SMILES string of the molecule is O=C(Cc1ccccc1)Nc1ccc(-c2cnc[nH]2)cc1. The van der Waals surface area contributed by atoms with Gasteiger partial charge in [0.1, 0.15) is 0 Å². The van der Waals surface area contributed by atoms with Crippen LogP contribution < -0.4 is 5.32 Å². The molecule has 21 heavy (non-hydrogen) atoms. The third-order valence-electron chi connectivity index (χ3n) is 3.19. The van der Waals surface area contributed by atoms with E-state index in [1.165, 1.54) is 0 Å². The molecule has 0 aliphatic carbocycles. The van der Waals surface area contributed by atoms with Crippen LogP contribution in [0.2, 0.25) is 0 Å². The highest BCUT2D eigenvalue weighted by Gasteiger charge is 2.04. The number of aromatic amines is 1. The summed E-state index contributed by atoms with van der Waals surface area (Å²) in [4.78, 5) is 19.0. The molecule has 2 N–H and O–H groups in total. The van der Waals surface area contributed by atoms with Gasteiger partial charge in [0.2, 0.25) is 5.91 Å². The molecule has 4 heteroatoms. The minimum atomic E-state index is -0.0181. The van der Waals surface area contributed by atoms with Crippen LogP contribution >= 0.6 is 0 Å². The van der Waals surface area contributed by atoms with E-state index in [9.17, 15) is 4.79 Å². The van der Waals surface area contributed by atoms with E-state index >= 15 is 0 Å². The Balaban J connectivity index is 1.64. The van der Waals surface area contributed by atoms with Crippen molar-refractivity contribution in [1.82, 2.24) is 9.97 Å². The van der Waals surface area contributed by atoms with Crippen molar-refractivity contribution in [1.29, 1.82) is 0 Å². The van der Waals surface area contributed by atoms with Crippen molar-refractivity contribution in [2.75, 3.05) is 5.32 Å². The topological polar surface area (TPSA) is 57.8 Å². The molecule has 104 valence electrons. The maximum absolute atomic E-state index is 12.0. The van der Waals surface area contributed by atoms with Crippen molar-refractivity contribution in [3.05, 3.63) is 72.7 Å². The molecular formula is C17H15N3O. The Bertz CT molecular complexity index is 704. The highest BCUT2D eigenvalue weighted by Crippen LogP contribution is 2.18. The van der Waals surface area contributed by atoms with Crippen molar-refractivity contribution in [3.8, 4) is 11.3 Å². The summed E-state index contributed by atoms with van der Waals surface area (Å²) in [5.41, 5.74) is 3.79. The van der Waals surface area contributed by atoms with Gasteiger partial charge in [-0.25, -0.2) is 4.98 Å². The quantitative estimate of drug-likeness (QED) is 0.769. The molecule has 0 bridgehead atoms. The van der Waals surface area contributed by atoms with E-state index in [2.05, 4.69) is 15.3 Å². The number of carbonyl (C=O) groups is 1. The van der Waals surface area contributed by atoms with Crippen LogP contribution in [0.1, 0.15) is 5.56 Å². The predicted molar refractivity (Wildman–Crippen MR) is 82.8 cm³/mol. The molecule has 0 atom stereocenters. The maximum atomic E-state index is 12.0. The third kappa shape index (κ3) is 3.36. The van der Waals surface area contributed by atoms with Gasteiger partial charge in [-0.1, -0.05) is 42.5 Å². The molecule has 2 aromatic carbocycles. The zero-order valence-corrected chi connectivity index (χ0v) is 11.4. The zero-order chi connectivity index (χ0) is 14.5. The summed E-state index contributed by atoms with van der Waals surface area (Å²) < 4.78 is 0. The molecule has 1 amide bonds. The van der Waals surface area contributed by atoms with Crippen LogP contribution in [0.3, 0.4) is 0 Å². The van der Waals surface area contributed by atoms with E-state index in [0.717, 1.165) is 22.5 Å². The molecule has 1 heterocycles. The van der Waals surface area contributed by atoms with Crippen LogP contribution in [-0.4, -0.2) is 15.9 Å². The second-order valence-corrected chi connectivity index (χ2v) is 4.75. The van der Waals surface area contributed by atoms with E-state index in [4.69, 9.17) is 0 Å². The van der Waals surface area contributed by atoms with Crippen molar-refractivity contribution >= 4 is 11.6 Å². The zero-order valence-electron chi connectivity index (χ0n) is 11.4. The van der Waals surface area contributed by atoms with Gasteiger partial charge in [-0.3, -0.25) is 4.79 Å². The Morgan fingerprint density at radius 1 is 1.05 bits per heavy atom. The smallest absolute Gasteiger partial charge is 0.228 e. The van der Waals surface area contributed by atoms with Crippen molar-refractivity contribution < 1.29 is 4.79 Å². The summed E-state index contributed by atoms with van der Waals surface area (Å²) in [6.45, 7) is 0. The molecule has 0 saturated carbocycles. The number of anilines is 1. The van der Waals surface area contributed by atoms with Crippen LogP contribution in [0.25, 0.3) is 11.3 Å². The van der Waals surface area contributed by atoms with E-state index in [1.807, 2.05) is 54.6 Å². The molecule has 4 nitrogen and oxygen atoms in total. The molecular weight excluding hydrogens is 262 g/mol. The van der Waals surface area contributed by atoms with Crippen LogP contribution in [-0.2, 0) is 11.2 Å². The third-order valence-corrected chi connectivity index (χ3v) is 3.19. The van der Waals surface area contributed by atoms with Gasteiger partial charge in [0.15, 0.2) is 0 Å². The number of benzene rings is 2. The lowest BCUT2D eigenvalue weighted by Gasteiger charge is -2.06. The number of carbonyl (C=O) groups excluding carboxylic acids is 1. The fourth-order valence-electron chi connectivity index (χ4n) is 2.13. The van der Waals surface area contributed by atoms with E-state index in [-0.39, 0.29) is 5.91 Å². The first-order chi connectivity index (χ1) is 10.3. The summed E-state index contributed by atoms with van der Waals surface area (Å²) in [7, 11) is 0. The monoisotopic (exact) mass is 277 g/mol. The van der Waals surface area contributed by atoms with E-state index < -0.39 is 0 Å². The normalized spacial score (nSPS) is 10.3. The second-order valence-electron chi connectivity index (χ2n) is 4.75. The fraction of sp³-hybridized carbons (Fsp3) is 0.0588. The number of imidazole rings is 1. The molecule has 0 unspecified atom stereocenters. The molecule has 0 spiro atoms. The minimum Gasteiger partial charge on any atom is -0.345 e. The van der Waals surface area contributed by atoms with Gasteiger partial charge < -0.3 is 10.3 Å². The number of hydrogen-bond acceptors (Lipinski definition) is 2. The van der Waals surface area contributed by atoms with Crippen LogP contribution in [0, 0.1) is 0 Å². The van der Waals surface area contributed by atoms with Crippen molar-refractivity contribution in [2.45, 2.75) is 6.42 Å². The number of nitrogens with one attached hydrogen (secondary N) is 2. The minimum absolute atomic E-state index is 0.0181. The van der Waals surface area contributed by atoms with Crippen LogP contribution in [0.4, 0.5) is 5.69 Å². The van der Waals surface area contributed by atoms with Gasteiger partial charge in [0.25, 0.3) is 0 Å².